The molecule has 0 amide bonds. The molecule has 0 unspecified atom stereocenters. The Morgan fingerprint density at radius 3 is 2.56 bits per heavy atom. The molecule has 9 heavy (non-hydrogen) atoms. The smallest absolute Gasteiger partial charge is 0.0254 e. The average Bonchev–Trinajstić information content (AvgIpc) is 1.79. The second kappa shape index (κ2) is 2.93. The van der Waals surface area contributed by atoms with Gasteiger partial charge in [-0.2, -0.15) is 0 Å². The molecule has 0 heterocycles. The third kappa shape index (κ3) is 1.87. The summed E-state index contributed by atoms with van der Waals surface area (Å²) in [5, 5.41) is 0. The Labute approximate surface area is 61.7 Å². The van der Waals surface area contributed by atoms with Crippen LogP contribution in [-0.4, -0.2) is 11.3 Å². The first-order valence-corrected chi connectivity index (χ1v) is 4.64. The minimum absolute atomic E-state index is 0.487. The predicted molar refractivity (Wildman–Crippen MR) is 43.5 cm³/mol. The fraction of sp³-hybridized carbons (Fsp3) is 1.00. The van der Waals surface area contributed by atoms with E-state index < -0.39 is 0 Å². The van der Waals surface area contributed by atoms with Gasteiger partial charge in [-0.25, -0.2) is 0 Å². The van der Waals surface area contributed by atoms with Gasteiger partial charge in [-0.1, -0.05) is 18.9 Å². The first-order valence-electron chi connectivity index (χ1n) is 3.66. The molecule has 0 aromatic heterocycles. The zero-order valence-corrected chi connectivity index (χ0v) is 7.05. The van der Waals surface area contributed by atoms with Gasteiger partial charge in [0.25, 0.3) is 0 Å². The Balaban J connectivity index is 2.09. The Morgan fingerprint density at radius 2 is 2.22 bits per heavy atom. The van der Waals surface area contributed by atoms with Crippen LogP contribution in [0.5, 0.6) is 0 Å². The zero-order valence-electron chi connectivity index (χ0n) is 6.24. The molecule has 0 aliphatic heterocycles. The zero-order chi connectivity index (χ0) is 6.74. The predicted octanol–water partition coefficient (Wildman–Crippen LogP) is 2.19. The van der Waals surface area contributed by atoms with E-state index in [0.717, 1.165) is 0 Å². The SMILES string of the molecule is CCSNC1(C)CCC1. The normalized spacial score (nSPS) is 23.3. The first-order chi connectivity index (χ1) is 4.27. The minimum atomic E-state index is 0.487. The van der Waals surface area contributed by atoms with Gasteiger partial charge in [-0.3, -0.25) is 4.72 Å². The van der Waals surface area contributed by atoms with Crippen molar-refractivity contribution < 1.29 is 0 Å². The van der Waals surface area contributed by atoms with Gasteiger partial charge in [0, 0.05) is 11.3 Å². The number of nitrogens with one attached hydrogen (secondary N) is 1. The minimum Gasteiger partial charge on any atom is -0.258 e. The van der Waals surface area contributed by atoms with Crippen molar-refractivity contribution in [2.75, 3.05) is 5.75 Å². The molecule has 1 aliphatic carbocycles. The van der Waals surface area contributed by atoms with E-state index in [1.54, 1.807) is 0 Å². The summed E-state index contributed by atoms with van der Waals surface area (Å²) in [5.74, 6) is 1.18. The molecule has 1 rings (SSSR count). The first kappa shape index (κ1) is 7.42. The molecule has 1 nitrogen and oxygen atoms in total. The van der Waals surface area contributed by atoms with Gasteiger partial charge in [0.1, 0.15) is 0 Å². The molecule has 54 valence electrons. The highest BCUT2D eigenvalue weighted by atomic mass is 32.2. The van der Waals surface area contributed by atoms with Gasteiger partial charge >= 0.3 is 0 Å². The highest BCUT2D eigenvalue weighted by Gasteiger charge is 2.30. The van der Waals surface area contributed by atoms with Gasteiger partial charge in [-0.15, -0.1) is 0 Å². The summed E-state index contributed by atoms with van der Waals surface area (Å²) < 4.78 is 3.46. The summed E-state index contributed by atoms with van der Waals surface area (Å²) in [7, 11) is 0. The van der Waals surface area contributed by atoms with Crippen LogP contribution in [0.3, 0.4) is 0 Å². The topological polar surface area (TPSA) is 12.0 Å². The monoisotopic (exact) mass is 145 g/mol. The molecule has 0 spiro atoms. The molecule has 0 aromatic rings. The Hall–Kier alpha value is 0.310. The number of rotatable bonds is 3. The summed E-state index contributed by atoms with van der Waals surface area (Å²) in [5.41, 5.74) is 0.487. The van der Waals surface area contributed by atoms with E-state index in [1.165, 1.54) is 25.0 Å². The van der Waals surface area contributed by atoms with Crippen LogP contribution >= 0.6 is 11.9 Å². The van der Waals surface area contributed by atoms with Crippen LogP contribution in [0, 0.1) is 0 Å². The van der Waals surface area contributed by atoms with Crippen molar-refractivity contribution in [3.63, 3.8) is 0 Å². The van der Waals surface area contributed by atoms with E-state index in [1.807, 2.05) is 11.9 Å². The molecule has 1 saturated carbocycles. The summed E-state index contributed by atoms with van der Waals surface area (Å²) in [6, 6.07) is 0. The second-order valence-electron chi connectivity index (χ2n) is 2.95. The Morgan fingerprint density at radius 1 is 1.56 bits per heavy atom. The van der Waals surface area contributed by atoms with Crippen LogP contribution in [0.25, 0.3) is 0 Å². The van der Waals surface area contributed by atoms with Gasteiger partial charge in [0.15, 0.2) is 0 Å². The van der Waals surface area contributed by atoms with E-state index >= 15 is 0 Å². The van der Waals surface area contributed by atoms with E-state index in [9.17, 15) is 0 Å². The van der Waals surface area contributed by atoms with Crippen molar-refractivity contribution in [2.45, 2.75) is 38.6 Å². The standard InChI is InChI=1S/C7H15NS/c1-3-9-8-7(2)5-4-6-7/h8H,3-6H2,1-2H3. The third-order valence-corrected chi connectivity index (χ3v) is 2.85. The van der Waals surface area contributed by atoms with Crippen LogP contribution in [0.15, 0.2) is 0 Å². The highest BCUT2D eigenvalue weighted by molar-refractivity contribution is 7.97. The molecule has 0 radical (unpaired) electrons. The quantitative estimate of drug-likeness (QED) is 0.611. The largest absolute Gasteiger partial charge is 0.258 e. The third-order valence-electron chi connectivity index (χ3n) is 1.92. The lowest BCUT2D eigenvalue weighted by molar-refractivity contribution is 0.255. The van der Waals surface area contributed by atoms with E-state index in [4.69, 9.17) is 0 Å². The lowest BCUT2D eigenvalue weighted by Crippen LogP contribution is -2.44. The molecule has 0 bridgehead atoms. The summed E-state index contributed by atoms with van der Waals surface area (Å²) >= 11 is 1.84. The van der Waals surface area contributed by atoms with Crippen molar-refractivity contribution in [1.82, 2.24) is 4.72 Å². The maximum absolute atomic E-state index is 3.46. The molecule has 1 N–H and O–H groups in total. The fourth-order valence-electron chi connectivity index (χ4n) is 1.06. The number of hydrogen-bond acceptors (Lipinski definition) is 2. The van der Waals surface area contributed by atoms with Gasteiger partial charge in [-0.05, 0) is 26.2 Å². The van der Waals surface area contributed by atoms with Crippen LogP contribution in [0.1, 0.15) is 33.1 Å². The fourth-order valence-corrected chi connectivity index (χ4v) is 1.75. The van der Waals surface area contributed by atoms with Crippen molar-refractivity contribution in [1.29, 1.82) is 0 Å². The molecule has 0 aromatic carbocycles. The average molecular weight is 145 g/mol. The van der Waals surface area contributed by atoms with Crippen molar-refractivity contribution >= 4 is 11.9 Å². The van der Waals surface area contributed by atoms with Gasteiger partial charge in [0.05, 0.1) is 0 Å². The summed E-state index contributed by atoms with van der Waals surface area (Å²) in [6.07, 6.45) is 4.13. The summed E-state index contributed by atoms with van der Waals surface area (Å²) in [6.45, 7) is 4.48. The lowest BCUT2D eigenvalue weighted by Gasteiger charge is -2.38. The molecule has 0 atom stereocenters. The molecular formula is C7H15NS. The Bertz CT molecular complexity index is 88.9. The van der Waals surface area contributed by atoms with Crippen LogP contribution in [0.2, 0.25) is 0 Å². The number of hydrogen-bond donors (Lipinski definition) is 1. The maximum Gasteiger partial charge on any atom is 0.0254 e. The van der Waals surface area contributed by atoms with Crippen molar-refractivity contribution in [2.24, 2.45) is 0 Å². The molecule has 1 fully saturated rings. The van der Waals surface area contributed by atoms with Crippen LogP contribution in [0.4, 0.5) is 0 Å². The molecule has 2 heteroatoms. The van der Waals surface area contributed by atoms with E-state index in [2.05, 4.69) is 18.6 Å². The Kier molecular flexibility index (Phi) is 2.42. The van der Waals surface area contributed by atoms with Gasteiger partial charge < -0.3 is 0 Å². The van der Waals surface area contributed by atoms with Crippen LogP contribution in [-0.2, 0) is 0 Å². The maximum atomic E-state index is 3.46. The van der Waals surface area contributed by atoms with Crippen molar-refractivity contribution in [3.8, 4) is 0 Å². The van der Waals surface area contributed by atoms with Crippen LogP contribution < -0.4 is 4.72 Å². The summed E-state index contributed by atoms with van der Waals surface area (Å²) in [4.78, 5) is 0. The lowest BCUT2D eigenvalue weighted by atomic mass is 9.80. The molecular weight excluding hydrogens is 130 g/mol. The van der Waals surface area contributed by atoms with Crippen molar-refractivity contribution in [3.05, 3.63) is 0 Å². The highest BCUT2D eigenvalue weighted by Crippen LogP contribution is 2.32. The molecule has 0 saturated heterocycles. The van der Waals surface area contributed by atoms with E-state index in [-0.39, 0.29) is 0 Å². The second-order valence-corrected chi connectivity index (χ2v) is 4.02. The van der Waals surface area contributed by atoms with Gasteiger partial charge in [0.2, 0.25) is 0 Å². The van der Waals surface area contributed by atoms with E-state index in [0.29, 0.717) is 5.54 Å². The molecule has 1 aliphatic rings.